The largest absolute Gasteiger partial charge is 0.232 e. The smallest absolute Gasteiger partial charge is 0.0934 e. The van der Waals surface area contributed by atoms with E-state index in [1.807, 2.05) is 16.8 Å². The van der Waals surface area contributed by atoms with E-state index in [2.05, 4.69) is 70.2 Å². The van der Waals surface area contributed by atoms with Crippen molar-refractivity contribution in [2.24, 2.45) is 0 Å². The predicted molar refractivity (Wildman–Crippen MR) is 123 cm³/mol. The Balaban J connectivity index is 1.95. The molecule has 0 bridgehead atoms. The highest BCUT2D eigenvalue weighted by Gasteiger charge is 2.15. The highest BCUT2D eigenvalue weighted by molar-refractivity contribution is 6.34. The van der Waals surface area contributed by atoms with Crippen LogP contribution in [0.2, 0.25) is 10.0 Å². The zero-order valence-corrected chi connectivity index (χ0v) is 18.4. The van der Waals surface area contributed by atoms with Gasteiger partial charge in [0.2, 0.25) is 0 Å². The molecule has 29 heavy (non-hydrogen) atoms. The van der Waals surface area contributed by atoms with E-state index in [9.17, 15) is 0 Å². The molecule has 0 aliphatic carbocycles. The molecule has 0 fully saturated rings. The van der Waals surface area contributed by atoms with Crippen molar-refractivity contribution in [1.82, 2.24) is 9.78 Å². The molecule has 0 saturated heterocycles. The average molecular weight is 421 g/mol. The van der Waals surface area contributed by atoms with Crippen LogP contribution in [-0.4, -0.2) is 9.78 Å². The van der Waals surface area contributed by atoms with E-state index in [4.69, 9.17) is 28.3 Å². The van der Waals surface area contributed by atoms with Crippen LogP contribution in [-0.2, 0) is 0 Å². The molecular weight excluding hydrogens is 399 g/mol. The molecule has 1 heterocycles. The molecule has 0 amide bonds. The first-order valence-corrected chi connectivity index (χ1v) is 10.3. The van der Waals surface area contributed by atoms with Gasteiger partial charge in [-0.3, -0.25) is 0 Å². The minimum Gasteiger partial charge on any atom is -0.232 e. The molecule has 1 aromatic heterocycles. The van der Waals surface area contributed by atoms with Crippen molar-refractivity contribution in [2.45, 2.75) is 27.7 Å². The minimum absolute atomic E-state index is 0.585. The highest BCUT2D eigenvalue weighted by Crippen LogP contribution is 2.32. The summed E-state index contributed by atoms with van der Waals surface area (Å²) in [5, 5.41) is 6.10. The zero-order chi connectivity index (χ0) is 20.7. The first-order valence-electron chi connectivity index (χ1n) is 9.53. The van der Waals surface area contributed by atoms with Crippen molar-refractivity contribution in [2.75, 3.05) is 0 Å². The quantitative estimate of drug-likeness (QED) is 0.331. The zero-order valence-electron chi connectivity index (χ0n) is 16.9. The molecule has 0 unspecified atom stereocenters. The maximum atomic E-state index is 6.28. The summed E-state index contributed by atoms with van der Waals surface area (Å²) in [6.45, 7) is 8.48. The van der Waals surface area contributed by atoms with Crippen molar-refractivity contribution >= 4 is 23.2 Å². The maximum absolute atomic E-state index is 6.28. The van der Waals surface area contributed by atoms with Crippen molar-refractivity contribution in [3.63, 3.8) is 0 Å². The van der Waals surface area contributed by atoms with Crippen LogP contribution in [0, 0.1) is 27.7 Å². The van der Waals surface area contributed by atoms with Crippen molar-refractivity contribution in [1.29, 1.82) is 0 Å². The Bertz CT molecular complexity index is 1200. The van der Waals surface area contributed by atoms with Gasteiger partial charge in [-0.1, -0.05) is 47.5 Å². The van der Waals surface area contributed by atoms with Crippen LogP contribution in [0.3, 0.4) is 0 Å². The van der Waals surface area contributed by atoms with Gasteiger partial charge in [-0.05, 0) is 86.3 Å². The third-order valence-corrected chi connectivity index (χ3v) is 5.84. The molecule has 4 aromatic rings. The number of hydrogen-bond donors (Lipinski definition) is 0. The third kappa shape index (κ3) is 3.96. The summed E-state index contributed by atoms with van der Waals surface area (Å²) < 4.78 is 1.92. The Hall–Kier alpha value is -2.55. The summed E-state index contributed by atoms with van der Waals surface area (Å²) >= 11 is 12.6. The second kappa shape index (κ2) is 7.70. The van der Waals surface area contributed by atoms with Crippen LogP contribution in [0.15, 0.2) is 60.7 Å². The van der Waals surface area contributed by atoms with Crippen LogP contribution in [0.4, 0.5) is 0 Å². The Morgan fingerprint density at radius 2 is 1.17 bits per heavy atom. The summed E-state index contributed by atoms with van der Waals surface area (Å²) in [5.74, 6) is 0. The van der Waals surface area contributed by atoms with Crippen LogP contribution >= 0.6 is 23.2 Å². The van der Waals surface area contributed by atoms with E-state index in [0.717, 1.165) is 28.2 Å². The fourth-order valence-corrected chi connectivity index (χ4v) is 3.90. The Morgan fingerprint density at radius 3 is 1.76 bits per heavy atom. The van der Waals surface area contributed by atoms with Gasteiger partial charge in [0.15, 0.2) is 0 Å². The van der Waals surface area contributed by atoms with E-state index in [-0.39, 0.29) is 0 Å². The Morgan fingerprint density at radius 1 is 0.621 bits per heavy atom. The second-order valence-electron chi connectivity index (χ2n) is 7.55. The predicted octanol–water partition coefficient (Wildman–Crippen LogP) is 7.75. The topological polar surface area (TPSA) is 17.8 Å². The van der Waals surface area contributed by atoms with Gasteiger partial charge < -0.3 is 0 Å². The first-order chi connectivity index (χ1) is 13.8. The molecule has 4 rings (SSSR count). The van der Waals surface area contributed by atoms with Gasteiger partial charge in [-0.25, -0.2) is 4.68 Å². The summed E-state index contributed by atoms with van der Waals surface area (Å²) in [4.78, 5) is 0. The molecule has 0 radical (unpaired) electrons. The summed E-state index contributed by atoms with van der Waals surface area (Å²) in [6, 6.07) is 20.5. The van der Waals surface area contributed by atoms with Gasteiger partial charge in [0.05, 0.1) is 17.1 Å². The van der Waals surface area contributed by atoms with Gasteiger partial charge in [0.1, 0.15) is 0 Å². The lowest BCUT2D eigenvalue weighted by atomic mass is 10.0. The molecule has 0 atom stereocenters. The third-order valence-electron chi connectivity index (χ3n) is 5.41. The van der Waals surface area contributed by atoms with Gasteiger partial charge in [0.25, 0.3) is 0 Å². The summed E-state index contributed by atoms with van der Waals surface area (Å²) in [5.41, 5.74) is 9.96. The van der Waals surface area contributed by atoms with E-state index in [1.54, 1.807) is 6.07 Å². The molecule has 0 aliphatic rings. The van der Waals surface area contributed by atoms with E-state index in [1.165, 1.54) is 22.3 Å². The fourth-order valence-electron chi connectivity index (χ4n) is 3.39. The van der Waals surface area contributed by atoms with Gasteiger partial charge in [-0.15, -0.1) is 0 Å². The molecule has 0 aliphatic heterocycles. The molecule has 146 valence electrons. The number of aryl methyl sites for hydroxylation is 4. The number of rotatable bonds is 3. The molecule has 4 heteroatoms. The van der Waals surface area contributed by atoms with Gasteiger partial charge in [0, 0.05) is 21.2 Å². The molecule has 0 spiro atoms. The molecule has 2 nitrogen and oxygen atoms in total. The lowest BCUT2D eigenvalue weighted by Gasteiger charge is -2.10. The lowest BCUT2D eigenvalue weighted by Crippen LogP contribution is -2.00. The van der Waals surface area contributed by atoms with Gasteiger partial charge >= 0.3 is 0 Å². The SMILES string of the molecule is Cc1ccc(-c2cc(-c3ccc(C)c(C)c3)n(-c3cc(Cl)cc(Cl)c3)n2)cc1C. The second-order valence-corrected chi connectivity index (χ2v) is 8.43. The Kier molecular flexibility index (Phi) is 5.24. The van der Waals surface area contributed by atoms with E-state index < -0.39 is 0 Å². The van der Waals surface area contributed by atoms with E-state index >= 15 is 0 Å². The van der Waals surface area contributed by atoms with Crippen LogP contribution < -0.4 is 0 Å². The van der Waals surface area contributed by atoms with Crippen LogP contribution in [0.1, 0.15) is 22.3 Å². The van der Waals surface area contributed by atoms with Crippen LogP contribution in [0.25, 0.3) is 28.2 Å². The molecule has 0 saturated carbocycles. The minimum atomic E-state index is 0.585. The number of benzene rings is 3. The monoisotopic (exact) mass is 420 g/mol. The normalized spacial score (nSPS) is 11.1. The molecule has 0 N–H and O–H groups in total. The standard InChI is InChI=1S/C25H22Cl2N2/c1-15-5-7-19(9-17(15)3)24-14-25(20-8-6-16(2)18(4)10-20)29(28-24)23-12-21(26)11-22(27)13-23/h5-14H,1-4H3. The summed E-state index contributed by atoms with van der Waals surface area (Å²) in [6.07, 6.45) is 0. The van der Waals surface area contributed by atoms with Crippen molar-refractivity contribution in [3.8, 4) is 28.2 Å². The van der Waals surface area contributed by atoms with Gasteiger partial charge in [-0.2, -0.15) is 5.10 Å². The van der Waals surface area contributed by atoms with Crippen molar-refractivity contribution < 1.29 is 0 Å². The number of aromatic nitrogens is 2. The first kappa shape index (κ1) is 19.8. The maximum Gasteiger partial charge on any atom is 0.0934 e. The summed E-state index contributed by atoms with van der Waals surface area (Å²) in [7, 11) is 0. The Labute approximate surface area is 181 Å². The number of hydrogen-bond acceptors (Lipinski definition) is 1. The number of halogens is 2. The molecule has 3 aromatic carbocycles. The molecular formula is C25H22Cl2N2. The average Bonchev–Trinajstić information content (AvgIpc) is 3.11. The van der Waals surface area contributed by atoms with Crippen molar-refractivity contribution in [3.05, 3.63) is 93.0 Å². The van der Waals surface area contributed by atoms with E-state index in [0.29, 0.717) is 10.0 Å². The highest BCUT2D eigenvalue weighted by atomic mass is 35.5. The fraction of sp³-hybridized carbons (Fsp3) is 0.160. The number of nitrogens with zero attached hydrogens (tertiary/aromatic N) is 2. The van der Waals surface area contributed by atoms with Crippen LogP contribution in [0.5, 0.6) is 0 Å². The lowest BCUT2D eigenvalue weighted by molar-refractivity contribution is 0.891.